The van der Waals surface area contributed by atoms with E-state index in [1.807, 2.05) is 0 Å². The van der Waals surface area contributed by atoms with Gasteiger partial charge in [0.2, 0.25) is 5.91 Å². The first-order valence-corrected chi connectivity index (χ1v) is 7.97. The average molecular weight is 379 g/mol. The minimum absolute atomic E-state index is 0.0740. The van der Waals surface area contributed by atoms with Crippen molar-refractivity contribution >= 4 is 17.5 Å². The molecule has 2 atom stereocenters. The van der Waals surface area contributed by atoms with Crippen LogP contribution in [0.3, 0.4) is 0 Å². The summed E-state index contributed by atoms with van der Waals surface area (Å²) in [4.78, 5) is 22.3. The van der Waals surface area contributed by atoms with Gasteiger partial charge in [0.25, 0.3) is 0 Å². The number of halogens is 1. The zero-order valence-corrected chi connectivity index (χ0v) is 14.2. The van der Waals surface area contributed by atoms with Gasteiger partial charge in [0.1, 0.15) is 17.4 Å². The van der Waals surface area contributed by atoms with Gasteiger partial charge in [-0.1, -0.05) is 26.9 Å². The van der Waals surface area contributed by atoms with Crippen molar-refractivity contribution in [2.75, 3.05) is 26.2 Å². The summed E-state index contributed by atoms with van der Waals surface area (Å²) in [6.07, 6.45) is 3.35. The molecule has 0 saturated carbocycles. The maximum absolute atomic E-state index is 12.4. The third-order valence-corrected chi connectivity index (χ3v) is 4.02. The summed E-state index contributed by atoms with van der Waals surface area (Å²) in [5.74, 6) is -0.143. The lowest BCUT2D eigenvalue weighted by molar-refractivity contribution is -0.126. The highest BCUT2D eigenvalue weighted by Gasteiger charge is 2.36. The van der Waals surface area contributed by atoms with Crippen LogP contribution < -0.4 is 10.6 Å². The Balaban J connectivity index is 2.35. The average Bonchev–Trinajstić information content (AvgIpc) is 2.63. The van der Waals surface area contributed by atoms with Crippen LogP contribution >= 0.6 is 11.6 Å². The van der Waals surface area contributed by atoms with Crippen molar-refractivity contribution in [1.82, 2.24) is 15.5 Å². The zero-order chi connectivity index (χ0) is 18.9. The fourth-order valence-electron chi connectivity index (χ4n) is 2.64. The minimum Gasteiger partial charge on any atom is -0.351 e. The molecule has 0 radical (unpaired) electrons. The molecule has 26 heavy (non-hydrogen) atoms. The molecule has 2 aliphatic heterocycles. The quantitative estimate of drug-likeness (QED) is 0.215. The molecule has 0 aromatic carbocycles. The summed E-state index contributed by atoms with van der Waals surface area (Å²) in [5, 5.41) is 16.3. The van der Waals surface area contributed by atoms with E-state index in [2.05, 4.69) is 40.7 Å². The van der Waals surface area contributed by atoms with Crippen LogP contribution in [0.25, 0.3) is 31.3 Å². The number of alkyl halides is 1. The number of dihydropyridines is 1. The largest absolute Gasteiger partial charge is 0.351 e. The van der Waals surface area contributed by atoms with Crippen LogP contribution in [-0.4, -0.2) is 48.5 Å². The molecule has 0 aromatic rings. The number of rotatable bonds is 8. The van der Waals surface area contributed by atoms with E-state index in [9.17, 15) is 4.79 Å². The second kappa shape index (κ2) is 9.30. The number of carbonyl (C=O) groups excluding carboxylic acids is 1. The van der Waals surface area contributed by atoms with E-state index in [4.69, 9.17) is 28.2 Å². The molecular formula is C12H15ClN12O. The molecule has 0 aliphatic carbocycles. The van der Waals surface area contributed by atoms with Crippen molar-refractivity contribution < 1.29 is 4.79 Å². The Hall–Kier alpha value is -3.23. The van der Waals surface area contributed by atoms with Crippen molar-refractivity contribution in [2.24, 2.45) is 21.3 Å². The van der Waals surface area contributed by atoms with E-state index in [-0.39, 0.29) is 38.0 Å². The molecule has 1 unspecified atom stereocenters. The normalized spacial score (nSPS) is 22.0. The van der Waals surface area contributed by atoms with E-state index in [0.29, 0.717) is 11.5 Å². The van der Waals surface area contributed by atoms with Crippen LogP contribution in [0.5, 0.6) is 0 Å². The molecule has 2 rings (SSSR count). The zero-order valence-electron chi connectivity index (χ0n) is 13.5. The highest BCUT2D eigenvalue weighted by atomic mass is 35.5. The Labute approximate surface area is 152 Å². The van der Waals surface area contributed by atoms with Crippen molar-refractivity contribution in [3.63, 3.8) is 0 Å². The molecular weight excluding hydrogens is 364 g/mol. The molecule has 2 N–H and O–H groups in total. The topological polar surface area (TPSA) is 191 Å². The summed E-state index contributed by atoms with van der Waals surface area (Å²) in [6, 6.07) is -0.785. The van der Waals surface area contributed by atoms with Gasteiger partial charge in [-0.25, -0.2) is 0 Å². The molecule has 0 saturated heterocycles. The van der Waals surface area contributed by atoms with Crippen LogP contribution in [-0.2, 0) is 4.79 Å². The first-order chi connectivity index (χ1) is 12.6. The summed E-state index contributed by atoms with van der Waals surface area (Å²) >= 11 is 6.11. The lowest BCUT2D eigenvalue weighted by atomic mass is 10.0. The smallest absolute Gasteiger partial charge is 0.247 e. The number of hydrogen-bond donors (Lipinski definition) is 2. The number of nitrogens with one attached hydrogen (secondary N) is 2. The van der Waals surface area contributed by atoms with Gasteiger partial charge in [0.05, 0.1) is 12.2 Å². The Morgan fingerprint density at radius 2 is 1.85 bits per heavy atom. The second-order valence-electron chi connectivity index (χ2n) is 5.43. The maximum atomic E-state index is 12.4. The van der Waals surface area contributed by atoms with Crippen molar-refractivity contribution in [2.45, 2.75) is 11.5 Å². The van der Waals surface area contributed by atoms with Crippen molar-refractivity contribution in [3.05, 3.63) is 55.0 Å². The predicted molar refractivity (Wildman–Crippen MR) is 93.1 cm³/mol. The highest BCUT2D eigenvalue weighted by Crippen LogP contribution is 2.24. The van der Waals surface area contributed by atoms with Gasteiger partial charge < -0.3 is 15.5 Å². The number of hydrogen-bond acceptors (Lipinski definition) is 6. The summed E-state index contributed by atoms with van der Waals surface area (Å²) in [7, 11) is 0. The molecule has 2 heterocycles. The van der Waals surface area contributed by atoms with Crippen LogP contribution in [0.4, 0.5) is 0 Å². The molecule has 0 spiro atoms. The molecule has 13 nitrogen and oxygen atoms in total. The molecule has 0 fully saturated rings. The van der Waals surface area contributed by atoms with Crippen LogP contribution in [0.15, 0.2) is 39.0 Å². The monoisotopic (exact) mass is 378 g/mol. The van der Waals surface area contributed by atoms with E-state index in [1.54, 1.807) is 17.1 Å². The predicted octanol–water partition coefficient (Wildman–Crippen LogP) is 2.23. The van der Waals surface area contributed by atoms with Crippen molar-refractivity contribution in [3.8, 4) is 0 Å². The first-order valence-electron chi connectivity index (χ1n) is 7.53. The van der Waals surface area contributed by atoms with Gasteiger partial charge in [-0.05, 0) is 34.7 Å². The summed E-state index contributed by atoms with van der Waals surface area (Å²) in [6.45, 7) is 0.267. The standard InChI is InChI=1S/C12H15ClN12O/c13-10-2-1-8-11(21-10)25(9(5-19-24-16)12(26)20-8)6-7(3-17-22-14)4-18-23-15/h1-2,7,9-10,21H,3-6H2,(H,20,26)/t9-,10?/m1/s1. The van der Waals surface area contributed by atoms with Crippen molar-refractivity contribution in [1.29, 1.82) is 0 Å². The van der Waals surface area contributed by atoms with Gasteiger partial charge in [-0.15, -0.1) is 0 Å². The molecule has 0 aromatic heterocycles. The van der Waals surface area contributed by atoms with Crippen LogP contribution in [0.2, 0.25) is 0 Å². The van der Waals surface area contributed by atoms with E-state index in [1.165, 1.54) is 0 Å². The number of allylic oxidation sites excluding steroid dienone is 1. The molecule has 14 heteroatoms. The SMILES string of the molecule is [N-]=[N+]=NCC(CN=[N+]=[N-])CN1C2=C(C=CC(Cl)N2)NC(=O)[C@H]1CN=[N+]=[N-]. The van der Waals surface area contributed by atoms with Gasteiger partial charge >= 0.3 is 0 Å². The number of amides is 1. The molecule has 136 valence electrons. The minimum atomic E-state index is -0.785. The fourth-order valence-corrected chi connectivity index (χ4v) is 2.81. The number of azide groups is 3. The van der Waals surface area contributed by atoms with Gasteiger partial charge in [0, 0.05) is 34.4 Å². The lowest BCUT2D eigenvalue weighted by Crippen LogP contribution is -2.58. The third kappa shape index (κ3) is 4.65. The van der Waals surface area contributed by atoms with Crippen LogP contribution in [0, 0.1) is 5.92 Å². The van der Waals surface area contributed by atoms with E-state index < -0.39 is 11.5 Å². The second-order valence-corrected chi connectivity index (χ2v) is 5.90. The Bertz CT molecular complexity index is 738. The number of carbonyl (C=O) groups is 1. The fraction of sp³-hybridized carbons (Fsp3) is 0.583. The number of nitrogens with zero attached hydrogens (tertiary/aromatic N) is 10. The Kier molecular flexibility index (Phi) is 6.84. The van der Waals surface area contributed by atoms with E-state index in [0.717, 1.165) is 0 Å². The molecule has 2 aliphatic rings. The summed E-state index contributed by atoms with van der Waals surface area (Å²) < 4.78 is 0. The Morgan fingerprint density at radius 3 is 2.46 bits per heavy atom. The van der Waals surface area contributed by atoms with Gasteiger partial charge in [0.15, 0.2) is 0 Å². The van der Waals surface area contributed by atoms with E-state index >= 15 is 0 Å². The highest BCUT2D eigenvalue weighted by molar-refractivity contribution is 6.21. The maximum Gasteiger partial charge on any atom is 0.247 e. The van der Waals surface area contributed by atoms with Gasteiger partial charge in [-0.3, -0.25) is 4.79 Å². The first kappa shape index (κ1) is 19.1. The summed E-state index contributed by atoms with van der Waals surface area (Å²) in [5.41, 5.74) is 25.7. The van der Waals surface area contributed by atoms with Gasteiger partial charge in [-0.2, -0.15) is 0 Å². The lowest BCUT2D eigenvalue weighted by Gasteiger charge is -2.42. The molecule has 0 bridgehead atoms. The third-order valence-electron chi connectivity index (χ3n) is 3.76. The Morgan fingerprint density at radius 1 is 1.19 bits per heavy atom. The van der Waals surface area contributed by atoms with Crippen LogP contribution in [0.1, 0.15) is 0 Å². The molecule has 1 amide bonds.